The molecule has 0 radical (unpaired) electrons. The van der Waals surface area contributed by atoms with Crippen LogP contribution in [0, 0.1) is 29.6 Å². The molecule has 1 aliphatic rings. The van der Waals surface area contributed by atoms with E-state index in [1.54, 1.807) is 33.8 Å². The molecule has 1 heterocycles. The van der Waals surface area contributed by atoms with E-state index in [2.05, 4.69) is 26.8 Å². The van der Waals surface area contributed by atoms with Crippen molar-refractivity contribution in [3.63, 3.8) is 0 Å². The van der Waals surface area contributed by atoms with Crippen molar-refractivity contribution in [3.05, 3.63) is 46.6 Å². The maximum atomic E-state index is 12.7. The summed E-state index contributed by atoms with van der Waals surface area (Å²) in [6.45, 7) is 16.1. The maximum absolute atomic E-state index is 12.7. The van der Waals surface area contributed by atoms with Gasteiger partial charge in [0.15, 0.2) is 12.4 Å². The van der Waals surface area contributed by atoms with Gasteiger partial charge in [-0.2, -0.15) is 0 Å². The van der Waals surface area contributed by atoms with Crippen molar-refractivity contribution in [1.82, 2.24) is 0 Å². The van der Waals surface area contributed by atoms with Gasteiger partial charge in [0, 0.05) is 23.3 Å². The molecule has 0 bridgehead atoms. The molecule has 0 aromatic rings. The number of aliphatic hydroxyl groups excluding tert-OH is 11. The summed E-state index contributed by atoms with van der Waals surface area (Å²) in [5, 5.41) is 112. The summed E-state index contributed by atoms with van der Waals surface area (Å²) in [6, 6.07) is 0. The van der Waals surface area contributed by atoms with Gasteiger partial charge in [0.2, 0.25) is 0 Å². The van der Waals surface area contributed by atoms with Gasteiger partial charge in [-0.25, -0.2) is 4.79 Å². The smallest absolute Gasteiger partial charge is 0.333 e. The van der Waals surface area contributed by atoms with Crippen LogP contribution in [0.25, 0.3) is 0 Å². The summed E-state index contributed by atoms with van der Waals surface area (Å²) >= 11 is 0. The Kier molecular flexibility index (Phi) is 22.9. The number of esters is 1. The Morgan fingerprint density at radius 3 is 1.73 bits per heavy atom. The molecule has 0 aliphatic carbocycles. The van der Waals surface area contributed by atoms with Crippen molar-refractivity contribution in [2.24, 2.45) is 29.6 Å². The van der Waals surface area contributed by atoms with Crippen molar-refractivity contribution in [2.45, 2.75) is 156 Å². The summed E-state index contributed by atoms with van der Waals surface area (Å²) in [7, 11) is 0. The van der Waals surface area contributed by atoms with Crippen LogP contribution in [0.3, 0.4) is 0 Å². The summed E-state index contributed by atoms with van der Waals surface area (Å²) < 4.78 is 17.1. The van der Waals surface area contributed by atoms with Gasteiger partial charge in [-0.3, -0.25) is 0 Å². The average Bonchev–Trinajstić information content (AvgIpc) is 3.16. The Hall–Kier alpha value is -2.09. The lowest BCUT2D eigenvalue weighted by Crippen LogP contribution is -2.60. The van der Waals surface area contributed by atoms with E-state index in [0.29, 0.717) is 17.1 Å². The number of hydrogen-bond donors (Lipinski definition) is 11. The summed E-state index contributed by atoms with van der Waals surface area (Å²) in [5.41, 5.74) is 1.96. The van der Waals surface area contributed by atoms with E-state index in [1.807, 2.05) is 19.9 Å². The van der Waals surface area contributed by atoms with Crippen LogP contribution >= 0.6 is 0 Å². The van der Waals surface area contributed by atoms with Crippen LogP contribution in [0.2, 0.25) is 0 Å². The first-order chi connectivity index (χ1) is 26.1. The summed E-state index contributed by atoms with van der Waals surface area (Å²) in [6.07, 6.45) is -8.06. The number of carbonyl (C=O) groups excluding carboxylic acids is 1. The second-order valence-electron chi connectivity index (χ2n) is 15.9. The van der Waals surface area contributed by atoms with Gasteiger partial charge in [-0.1, -0.05) is 72.3 Å². The molecular weight excluding hydrogens is 732 g/mol. The van der Waals surface area contributed by atoms with E-state index in [0.717, 1.165) is 18.4 Å². The van der Waals surface area contributed by atoms with Crippen molar-refractivity contribution >= 4 is 5.97 Å². The summed E-state index contributed by atoms with van der Waals surface area (Å²) in [4.78, 5) is 12.7. The highest BCUT2D eigenvalue weighted by molar-refractivity contribution is 5.88. The van der Waals surface area contributed by atoms with Crippen LogP contribution in [0.4, 0.5) is 0 Å². The quantitative estimate of drug-likeness (QED) is 0.0385. The molecule has 0 aromatic heterocycles. The molecule has 15 nitrogen and oxygen atoms in total. The minimum Gasteiger partial charge on any atom is -0.454 e. The predicted octanol–water partition coefficient (Wildman–Crippen LogP) is 0.638. The molecule has 0 amide bonds. The lowest BCUT2D eigenvalue weighted by Gasteiger charge is -2.41. The Balaban J connectivity index is 3.23. The van der Waals surface area contributed by atoms with Crippen LogP contribution in [0.1, 0.15) is 82.1 Å². The number of carbonyl (C=O) groups is 1. The van der Waals surface area contributed by atoms with E-state index >= 15 is 0 Å². The van der Waals surface area contributed by atoms with Crippen molar-refractivity contribution in [3.8, 4) is 0 Å². The molecule has 1 rings (SSSR count). The molecule has 56 heavy (non-hydrogen) atoms. The highest BCUT2D eigenvalue weighted by Crippen LogP contribution is 2.30. The van der Waals surface area contributed by atoms with Gasteiger partial charge in [-0.15, -0.1) is 0 Å². The van der Waals surface area contributed by atoms with Crippen LogP contribution in [0.5, 0.6) is 0 Å². The number of rotatable bonds is 23. The molecule has 0 spiro atoms. The fourth-order valence-electron chi connectivity index (χ4n) is 6.97. The Bertz CT molecular complexity index is 1300. The standard InChI is InChI=1S/C41H72O15/c1-11-20(2)12-21(3)13-26(8)39(56-41-38(52)37(51)36(50)31(19-44)55-41)27(9)15-24(6)32(46)22(4)14-23(5)33(47)25(7)16-28(10)40(53)54-30(18-43)35(49)34(48)29(45)17-42/h13-16,20-22,25,27,29-39,41-52H,11-12,17-19H2,1-10H3/b23-14+,24-15+,26-13+,28-16+/t20-,21-,22-,25-,27-,29+,30+,31+,32-,33+,34+,35+,36+,37-,38-,39+,41+/m0/s1. The SMILES string of the molecule is CC[C@H](C)C[C@H](C)/C=C(\C)[C@@H](O[C@H]1O[C@H](CO)[C@@H](O)[C@H](O)[C@@H]1O)[C@@H](C)/C=C(\C)[C@@H](O)[C@@H](C)/C=C(\C)[C@@H](O)[C@@H](C)/C=C(\C)C(=O)O[C@H](CO)[C@@H](O)[C@H](O)[C@H](O)CO. The molecule has 0 aromatic carbocycles. The Morgan fingerprint density at radius 1 is 0.696 bits per heavy atom. The van der Waals surface area contributed by atoms with Gasteiger partial charge in [0.1, 0.15) is 42.7 Å². The first kappa shape index (κ1) is 51.9. The zero-order chi connectivity index (χ0) is 43.2. The minimum atomic E-state index is -1.89. The van der Waals surface area contributed by atoms with Gasteiger partial charge >= 0.3 is 5.97 Å². The Morgan fingerprint density at radius 2 is 1.23 bits per heavy atom. The molecule has 0 unspecified atom stereocenters. The van der Waals surface area contributed by atoms with Gasteiger partial charge in [0.05, 0.1) is 38.1 Å². The highest BCUT2D eigenvalue weighted by Gasteiger charge is 2.45. The molecule has 1 aliphatic heterocycles. The maximum Gasteiger partial charge on any atom is 0.333 e. The molecule has 1 fully saturated rings. The molecule has 0 saturated carbocycles. The number of hydrogen-bond acceptors (Lipinski definition) is 15. The number of aliphatic hydroxyl groups is 11. The van der Waals surface area contributed by atoms with Crippen LogP contribution in [-0.4, -0.2) is 155 Å². The van der Waals surface area contributed by atoms with Crippen molar-refractivity contribution in [1.29, 1.82) is 0 Å². The number of allylic oxidation sites excluding steroid dienone is 1. The molecule has 1 saturated heterocycles. The van der Waals surface area contributed by atoms with Crippen molar-refractivity contribution < 1.29 is 75.2 Å². The third-order valence-electron chi connectivity index (χ3n) is 10.6. The molecule has 17 atom stereocenters. The van der Waals surface area contributed by atoms with E-state index in [4.69, 9.17) is 19.3 Å². The fraction of sp³-hybridized carbons (Fsp3) is 0.780. The van der Waals surface area contributed by atoms with Crippen LogP contribution in [-0.2, 0) is 19.0 Å². The van der Waals surface area contributed by atoms with Crippen LogP contribution in [0.15, 0.2) is 46.6 Å². The zero-order valence-electron chi connectivity index (χ0n) is 34.7. The zero-order valence-corrected chi connectivity index (χ0v) is 34.7. The van der Waals surface area contributed by atoms with E-state index in [9.17, 15) is 55.9 Å². The first-order valence-electron chi connectivity index (χ1n) is 19.6. The largest absolute Gasteiger partial charge is 0.454 e. The fourth-order valence-corrected chi connectivity index (χ4v) is 6.97. The molecular formula is C41H72O15. The monoisotopic (exact) mass is 804 g/mol. The minimum absolute atomic E-state index is 0.0344. The second-order valence-corrected chi connectivity index (χ2v) is 15.9. The van der Waals surface area contributed by atoms with Gasteiger partial charge in [0.25, 0.3) is 0 Å². The third-order valence-corrected chi connectivity index (χ3v) is 10.6. The first-order valence-corrected chi connectivity index (χ1v) is 19.6. The molecule has 11 N–H and O–H groups in total. The van der Waals surface area contributed by atoms with Gasteiger partial charge in [-0.05, 0) is 62.7 Å². The topological polar surface area (TPSA) is 267 Å². The van der Waals surface area contributed by atoms with E-state index in [-0.39, 0.29) is 11.5 Å². The summed E-state index contributed by atoms with van der Waals surface area (Å²) in [5.74, 6) is -1.77. The second kappa shape index (κ2) is 24.7. The van der Waals surface area contributed by atoms with Crippen LogP contribution < -0.4 is 0 Å². The lowest BCUT2D eigenvalue weighted by molar-refractivity contribution is -0.310. The lowest BCUT2D eigenvalue weighted by atomic mass is 9.87. The predicted molar refractivity (Wildman–Crippen MR) is 208 cm³/mol. The number of ether oxygens (including phenoxy) is 3. The van der Waals surface area contributed by atoms with Gasteiger partial charge < -0.3 is 70.4 Å². The van der Waals surface area contributed by atoms with E-state index < -0.39 is 117 Å². The normalized spacial score (nSPS) is 28.3. The molecule has 326 valence electrons. The Labute approximate surface area is 332 Å². The third kappa shape index (κ3) is 15.3. The van der Waals surface area contributed by atoms with Crippen molar-refractivity contribution in [2.75, 3.05) is 19.8 Å². The highest BCUT2D eigenvalue weighted by atomic mass is 16.7. The molecule has 15 heteroatoms. The average molecular weight is 805 g/mol. The van der Waals surface area contributed by atoms with E-state index in [1.165, 1.54) is 13.0 Å².